The SMILES string of the molecule is C[C@H]1CC(O)(c2cc3c(cc2F)c(N2CCC(=O)NC2=O)nn3C)CCN1C(=O)OC(C)(C)C. The van der Waals surface area contributed by atoms with Crippen LogP contribution in [0, 0.1) is 5.82 Å². The second kappa shape index (κ2) is 8.23. The lowest BCUT2D eigenvalue weighted by Gasteiger charge is -2.43. The lowest BCUT2D eigenvalue weighted by atomic mass is 9.80. The molecular formula is C23H30FN5O5. The van der Waals surface area contributed by atoms with Crippen molar-refractivity contribution in [2.24, 2.45) is 7.05 Å². The van der Waals surface area contributed by atoms with Gasteiger partial charge in [-0.15, -0.1) is 0 Å². The molecule has 4 rings (SSSR count). The summed E-state index contributed by atoms with van der Waals surface area (Å²) in [7, 11) is 1.66. The Morgan fingerprint density at radius 1 is 1.29 bits per heavy atom. The van der Waals surface area contributed by atoms with Gasteiger partial charge in [-0.25, -0.2) is 14.0 Å². The van der Waals surface area contributed by atoms with Gasteiger partial charge in [0.05, 0.1) is 11.1 Å². The first kappa shape index (κ1) is 23.9. The summed E-state index contributed by atoms with van der Waals surface area (Å²) in [6.07, 6.45) is -0.0699. The number of rotatable bonds is 2. The fraction of sp³-hybridized carbons (Fsp3) is 0.565. The van der Waals surface area contributed by atoms with Gasteiger partial charge in [0.2, 0.25) is 5.91 Å². The molecule has 10 nitrogen and oxygen atoms in total. The Bertz CT molecular complexity index is 1170. The van der Waals surface area contributed by atoms with Gasteiger partial charge in [0.15, 0.2) is 5.82 Å². The molecule has 2 atom stereocenters. The van der Waals surface area contributed by atoms with Crippen LogP contribution < -0.4 is 10.2 Å². The summed E-state index contributed by atoms with van der Waals surface area (Å²) in [5.41, 5.74) is -1.48. The molecule has 1 unspecified atom stereocenters. The van der Waals surface area contributed by atoms with E-state index in [0.29, 0.717) is 10.9 Å². The minimum absolute atomic E-state index is 0.114. The van der Waals surface area contributed by atoms with Crippen LogP contribution in [0.3, 0.4) is 0 Å². The fourth-order valence-corrected chi connectivity index (χ4v) is 4.64. The summed E-state index contributed by atoms with van der Waals surface area (Å²) in [4.78, 5) is 39.2. The Morgan fingerprint density at radius 3 is 2.62 bits per heavy atom. The van der Waals surface area contributed by atoms with Gasteiger partial charge in [0.1, 0.15) is 11.4 Å². The van der Waals surface area contributed by atoms with Crippen LogP contribution in [0.5, 0.6) is 0 Å². The van der Waals surface area contributed by atoms with Gasteiger partial charge < -0.3 is 14.7 Å². The number of carbonyl (C=O) groups excluding carboxylic acids is 3. The molecule has 11 heteroatoms. The Labute approximate surface area is 196 Å². The maximum atomic E-state index is 15.4. The van der Waals surface area contributed by atoms with Crippen molar-refractivity contribution in [1.82, 2.24) is 20.0 Å². The molecule has 4 amide bonds. The van der Waals surface area contributed by atoms with Crippen LogP contribution in [-0.2, 0) is 22.2 Å². The van der Waals surface area contributed by atoms with E-state index in [9.17, 15) is 19.5 Å². The van der Waals surface area contributed by atoms with Crippen LogP contribution in [0.15, 0.2) is 12.1 Å². The predicted octanol–water partition coefficient (Wildman–Crippen LogP) is 2.77. The highest BCUT2D eigenvalue weighted by Crippen LogP contribution is 2.40. The Hall–Kier alpha value is -3.21. The second-order valence-electron chi connectivity index (χ2n) is 10.1. The molecule has 2 aromatic rings. The summed E-state index contributed by atoms with van der Waals surface area (Å²) >= 11 is 0. The molecular weight excluding hydrogens is 445 g/mol. The van der Waals surface area contributed by atoms with E-state index in [2.05, 4.69) is 10.4 Å². The number of ether oxygens (including phenoxy) is 1. The van der Waals surface area contributed by atoms with E-state index in [-0.39, 0.29) is 55.7 Å². The zero-order valence-corrected chi connectivity index (χ0v) is 20.0. The van der Waals surface area contributed by atoms with Crippen molar-refractivity contribution >= 4 is 34.8 Å². The van der Waals surface area contributed by atoms with Crippen LogP contribution in [0.4, 0.5) is 19.8 Å². The van der Waals surface area contributed by atoms with E-state index < -0.39 is 29.1 Å². The molecule has 3 heterocycles. The van der Waals surface area contributed by atoms with Gasteiger partial charge in [-0.1, -0.05) is 0 Å². The number of piperidine rings is 1. The summed E-state index contributed by atoms with van der Waals surface area (Å²) in [5, 5.41) is 18.5. The number of aromatic nitrogens is 2. The van der Waals surface area contributed by atoms with Crippen molar-refractivity contribution in [1.29, 1.82) is 0 Å². The molecule has 1 aromatic heterocycles. The fourth-order valence-electron chi connectivity index (χ4n) is 4.64. The molecule has 0 aliphatic carbocycles. The van der Waals surface area contributed by atoms with Gasteiger partial charge in [-0.05, 0) is 46.2 Å². The molecule has 184 valence electrons. The third kappa shape index (κ3) is 4.31. The molecule has 2 saturated heterocycles. The number of fused-ring (bicyclic) bond motifs is 1. The lowest BCUT2D eigenvalue weighted by molar-refractivity contribution is -0.120. The van der Waals surface area contributed by atoms with E-state index in [4.69, 9.17) is 4.74 Å². The van der Waals surface area contributed by atoms with Crippen molar-refractivity contribution in [3.63, 3.8) is 0 Å². The summed E-state index contributed by atoms with van der Waals surface area (Å²) < 4.78 is 22.4. The Balaban J connectivity index is 1.63. The van der Waals surface area contributed by atoms with E-state index >= 15 is 4.39 Å². The van der Waals surface area contributed by atoms with E-state index in [0.717, 1.165) is 0 Å². The highest BCUT2D eigenvalue weighted by Gasteiger charge is 2.42. The highest BCUT2D eigenvalue weighted by molar-refractivity contribution is 6.08. The van der Waals surface area contributed by atoms with Gasteiger partial charge in [0.25, 0.3) is 0 Å². The third-order valence-electron chi connectivity index (χ3n) is 6.29. The smallest absolute Gasteiger partial charge is 0.410 e. The van der Waals surface area contributed by atoms with E-state index in [1.165, 1.54) is 15.6 Å². The Morgan fingerprint density at radius 2 is 2.00 bits per heavy atom. The largest absolute Gasteiger partial charge is 0.444 e. The average Bonchev–Trinajstić information content (AvgIpc) is 3.01. The van der Waals surface area contributed by atoms with Crippen molar-refractivity contribution in [2.75, 3.05) is 18.0 Å². The molecule has 1 aromatic carbocycles. The Kier molecular flexibility index (Phi) is 5.79. The molecule has 2 aliphatic heterocycles. The first-order chi connectivity index (χ1) is 15.8. The number of amides is 4. The minimum Gasteiger partial charge on any atom is -0.444 e. The summed E-state index contributed by atoms with van der Waals surface area (Å²) in [6.45, 7) is 7.50. The van der Waals surface area contributed by atoms with E-state index in [1.54, 1.807) is 45.7 Å². The van der Waals surface area contributed by atoms with Crippen LogP contribution in [0.25, 0.3) is 10.9 Å². The maximum absolute atomic E-state index is 15.4. The second-order valence-corrected chi connectivity index (χ2v) is 10.1. The first-order valence-corrected chi connectivity index (χ1v) is 11.3. The number of likely N-dealkylation sites (tertiary alicyclic amines) is 1. The molecule has 0 radical (unpaired) electrons. The number of aryl methyl sites for hydroxylation is 1. The monoisotopic (exact) mass is 475 g/mol. The predicted molar refractivity (Wildman–Crippen MR) is 122 cm³/mol. The molecule has 0 spiro atoms. The highest BCUT2D eigenvalue weighted by atomic mass is 19.1. The van der Waals surface area contributed by atoms with Crippen molar-refractivity contribution in [2.45, 2.75) is 64.2 Å². The lowest BCUT2D eigenvalue weighted by Crippen LogP contribution is -2.51. The molecule has 0 bridgehead atoms. The number of anilines is 1. The van der Waals surface area contributed by atoms with Crippen LogP contribution >= 0.6 is 0 Å². The van der Waals surface area contributed by atoms with Gasteiger partial charge >= 0.3 is 12.1 Å². The number of nitrogens with one attached hydrogen (secondary N) is 1. The molecule has 2 aliphatic rings. The van der Waals surface area contributed by atoms with Gasteiger partial charge in [-0.2, -0.15) is 5.10 Å². The number of benzene rings is 1. The standard InChI is InChI=1S/C23H30FN5O5/c1-13-12-23(33,7-9-28(13)21(32)34-22(2,3)4)15-11-17-14(10-16(15)24)19(26-27(17)5)29-8-6-18(30)25-20(29)31/h10-11,13,33H,6-9,12H2,1-5H3,(H,25,30,31)/t13-,23?/m0/s1. The number of hydrogen-bond donors (Lipinski definition) is 2. The average molecular weight is 476 g/mol. The number of aliphatic hydroxyl groups is 1. The summed E-state index contributed by atoms with van der Waals surface area (Å²) in [6, 6.07) is 1.83. The van der Waals surface area contributed by atoms with Crippen molar-refractivity contribution in [3.8, 4) is 0 Å². The third-order valence-corrected chi connectivity index (χ3v) is 6.29. The van der Waals surface area contributed by atoms with Gasteiger partial charge in [0, 0.05) is 50.0 Å². The minimum atomic E-state index is -1.49. The quantitative estimate of drug-likeness (QED) is 0.690. The first-order valence-electron chi connectivity index (χ1n) is 11.3. The van der Waals surface area contributed by atoms with E-state index in [1.807, 2.05) is 0 Å². The number of urea groups is 1. The van der Waals surface area contributed by atoms with Crippen LogP contribution in [-0.4, -0.2) is 62.6 Å². The van der Waals surface area contributed by atoms with Crippen LogP contribution in [0.2, 0.25) is 0 Å². The zero-order chi connectivity index (χ0) is 25.0. The molecule has 34 heavy (non-hydrogen) atoms. The zero-order valence-electron chi connectivity index (χ0n) is 20.0. The topological polar surface area (TPSA) is 117 Å². The number of nitrogens with zero attached hydrogens (tertiary/aromatic N) is 4. The maximum Gasteiger partial charge on any atom is 0.410 e. The number of imide groups is 1. The normalized spacial score (nSPS) is 23.9. The van der Waals surface area contributed by atoms with Gasteiger partial charge in [-0.3, -0.25) is 19.7 Å². The van der Waals surface area contributed by atoms with Crippen molar-refractivity contribution in [3.05, 3.63) is 23.5 Å². The molecule has 0 saturated carbocycles. The molecule has 2 N–H and O–H groups in total. The number of halogens is 1. The van der Waals surface area contributed by atoms with Crippen LogP contribution in [0.1, 0.15) is 52.5 Å². The number of carbonyl (C=O) groups is 3. The molecule has 2 fully saturated rings. The number of hydrogen-bond acceptors (Lipinski definition) is 6. The summed E-state index contributed by atoms with van der Waals surface area (Å²) in [5.74, 6) is -0.757. The van der Waals surface area contributed by atoms with Crippen molar-refractivity contribution < 1.29 is 28.6 Å².